The van der Waals surface area contributed by atoms with Crippen LogP contribution in [-0.4, -0.2) is 34.4 Å². The SMILES string of the molecule is COc1cc(Nc2ncccc2-c2nc(Nc3ccc(NCc4ccco4)cc3)n[nH]2)cc(OC)c1. The number of H-pyrrole nitrogens is 1. The zero-order chi connectivity index (χ0) is 24.7. The number of furan rings is 1. The minimum absolute atomic E-state index is 0.444. The molecule has 10 heteroatoms. The summed E-state index contributed by atoms with van der Waals surface area (Å²) in [4.78, 5) is 9.09. The van der Waals surface area contributed by atoms with Crippen molar-refractivity contribution in [3.05, 3.63) is 85.0 Å². The maximum Gasteiger partial charge on any atom is 0.246 e. The minimum Gasteiger partial charge on any atom is -0.497 e. The van der Waals surface area contributed by atoms with Gasteiger partial charge in [0.05, 0.1) is 32.6 Å². The molecule has 0 fully saturated rings. The van der Waals surface area contributed by atoms with Crippen LogP contribution in [0.15, 0.2) is 83.6 Å². The second-order valence-electron chi connectivity index (χ2n) is 7.77. The van der Waals surface area contributed by atoms with Crippen molar-refractivity contribution in [2.45, 2.75) is 6.54 Å². The van der Waals surface area contributed by atoms with E-state index in [1.807, 2.05) is 60.7 Å². The van der Waals surface area contributed by atoms with Gasteiger partial charge in [-0.25, -0.2) is 4.98 Å². The van der Waals surface area contributed by atoms with Crippen LogP contribution in [0.25, 0.3) is 11.4 Å². The second kappa shape index (κ2) is 10.5. The highest BCUT2D eigenvalue weighted by molar-refractivity contribution is 5.75. The van der Waals surface area contributed by atoms with E-state index in [1.54, 1.807) is 32.7 Å². The molecule has 0 atom stereocenters. The molecule has 4 N–H and O–H groups in total. The van der Waals surface area contributed by atoms with Crippen LogP contribution in [0, 0.1) is 0 Å². The number of rotatable bonds is 10. The average molecular weight is 484 g/mol. The Bertz CT molecular complexity index is 1390. The van der Waals surface area contributed by atoms with Gasteiger partial charge < -0.3 is 29.8 Å². The average Bonchev–Trinajstić information content (AvgIpc) is 3.61. The predicted octanol–water partition coefficient (Wildman–Crippen LogP) is 5.58. The van der Waals surface area contributed by atoms with Gasteiger partial charge in [-0.15, -0.1) is 5.10 Å². The van der Waals surface area contributed by atoms with Crippen molar-refractivity contribution in [1.82, 2.24) is 20.2 Å². The molecule has 0 unspecified atom stereocenters. The molecule has 36 heavy (non-hydrogen) atoms. The first-order chi connectivity index (χ1) is 17.7. The fraction of sp³-hybridized carbons (Fsp3) is 0.115. The van der Waals surface area contributed by atoms with Crippen molar-refractivity contribution in [2.75, 3.05) is 30.2 Å². The lowest BCUT2D eigenvalue weighted by molar-refractivity contribution is 0.395. The number of hydrogen-bond donors (Lipinski definition) is 4. The van der Waals surface area contributed by atoms with Crippen LogP contribution in [0.3, 0.4) is 0 Å². The van der Waals surface area contributed by atoms with Crippen molar-refractivity contribution in [3.63, 3.8) is 0 Å². The van der Waals surface area contributed by atoms with E-state index in [4.69, 9.17) is 13.9 Å². The van der Waals surface area contributed by atoms with E-state index in [1.165, 1.54) is 0 Å². The number of aromatic nitrogens is 4. The Morgan fingerprint density at radius 1 is 0.861 bits per heavy atom. The summed E-state index contributed by atoms with van der Waals surface area (Å²) < 4.78 is 16.1. The summed E-state index contributed by atoms with van der Waals surface area (Å²) in [6.45, 7) is 0.619. The summed E-state index contributed by atoms with van der Waals surface area (Å²) in [5.74, 6) is 3.84. The van der Waals surface area contributed by atoms with Gasteiger partial charge in [0, 0.05) is 41.5 Å². The molecule has 0 saturated heterocycles. The minimum atomic E-state index is 0.444. The van der Waals surface area contributed by atoms with Gasteiger partial charge in [0.15, 0.2) is 5.82 Å². The van der Waals surface area contributed by atoms with E-state index in [0.717, 1.165) is 28.4 Å². The molecule has 0 saturated carbocycles. The number of hydrogen-bond acceptors (Lipinski definition) is 9. The van der Waals surface area contributed by atoms with Crippen molar-refractivity contribution in [2.24, 2.45) is 0 Å². The molecule has 0 aliphatic rings. The molecule has 0 bridgehead atoms. The van der Waals surface area contributed by atoms with Gasteiger partial charge >= 0.3 is 0 Å². The van der Waals surface area contributed by atoms with Crippen LogP contribution >= 0.6 is 0 Å². The Hall–Kier alpha value is -4.99. The molecule has 2 aromatic carbocycles. The zero-order valence-electron chi connectivity index (χ0n) is 19.8. The van der Waals surface area contributed by atoms with Crippen LogP contribution < -0.4 is 25.4 Å². The molecule has 0 aliphatic carbocycles. The van der Waals surface area contributed by atoms with Gasteiger partial charge in [0.2, 0.25) is 5.95 Å². The van der Waals surface area contributed by atoms with Gasteiger partial charge in [-0.1, -0.05) is 0 Å². The van der Waals surface area contributed by atoms with Gasteiger partial charge in [-0.3, -0.25) is 5.10 Å². The fourth-order valence-electron chi connectivity index (χ4n) is 3.55. The first-order valence-corrected chi connectivity index (χ1v) is 11.2. The first kappa shape index (κ1) is 22.8. The van der Waals surface area contributed by atoms with Gasteiger partial charge in [0.1, 0.15) is 23.1 Å². The quantitative estimate of drug-likeness (QED) is 0.202. The highest BCUT2D eigenvalue weighted by Gasteiger charge is 2.13. The number of nitrogens with zero attached hydrogens (tertiary/aromatic N) is 3. The lowest BCUT2D eigenvalue weighted by atomic mass is 10.2. The molecular formula is C26H25N7O3. The first-order valence-electron chi connectivity index (χ1n) is 11.2. The van der Waals surface area contributed by atoms with E-state index in [9.17, 15) is 0 Å². The third kappa shape index (κ3) is 5.39. The molecule has 10 nitrogen and oxygen atoms in total. The van der Waals surface area contributed by atoms with Gasteiger partial charge in [0.25, 0.3) is 0 Å². The lowest BCUT2D eigenvalue weighted by Gasteiger charge is -2.12. The highest BCUT2D eigenvalue weighted by atomic mass is 16.5. The van der Waals surface area contributed by atoms with E-state index in [-0.39, 0.29) is 0 Å². The zero-order valence-corrected chi connectivity index (χ0v) is 19.8. The van der Waals surface area contributed by atoms with Crippen molar-refractivity contribution >= 4 is 28.8 Å². The fourth-order valence-corrected chi connectivity index (χ4v) is 3.55. The molecule has 0 spiro atoms. The van der Waals surface area contributed by atoms with E-state index >= 15 is 0 Å². The smallest absolute Gasteiger partial charge is 0.246 e. The topological polar surface area (TPSA) is 122 Å². The largest absolute Gasteiger partial charge is 0.497 e. The standard InChI is InChI=1S/C26H25N7O3/c1-34-21-13-19(14-22(15-21)35-2)29-24-23(6-3-11-27-24)25-31-26(33-32-25)30-18-9-7-17(8-10-18)28-16-20-5-4-12-36-20/h3-15,28H,16H2,1-2H3,(H,27,29)(H2,30,31,32,33). The van der Waals surface area contributed by atoms with Gasteiger partial charge in [-0.05, 0) is 48.5 Å². The number of ether oxygens (including phenoxy) is 2. The van der Waals surface area contributed by atoms with E-state index in [2.05, 4.69) is 36.1 Å². The van der Waals surface area contributed by atoms with Crippen molar-refractivity contribution in [3.8, 4) is 22.9 Å². The van der Waals surface area contributed by atoms with Gasteiger partial charge in [-0.2, -0.15) is 4.98 Å². The molecule has 0 radical (unpaired) electrons. The van der Waals surface area contributed by atoms with E-state index in [0.29, 0.717) is 35.6 Å². The monoisotopic (exact) mass is 483 g/mol. The summed E-state index contributed by atoms with van der Waals surface area (Å²) in [5, 5.41) is 17.1. The highest BCUT2D eigenvalue weighted by Crippen LogP contribution is 2.31. The number of aromatic amines is 1. The Balaban J connectivity index is 1.28. The number of nitrogens with one attached hydrogen (secondary N) is 4. The Morgan fingerprint density at radius 2 is 1.64 bits per heavy atom. The molecule has 3 heterocycles. The Morgan fingerprint density at radius 3 is 2.36 bits per heavy atom. The van der Waals surface area contributed by atoms with Crippen molar-refractivity contribution in [1.29, 1.82) is 0 Å². The van der Waals surface area contributed by atoms with Crippen LogP contribution in [-0.2, 0) is 6.54 Å². The Kier molecular flexibility index (Phi) is 6.65. The second-order valence-corrected chi connectivity index (χ2v) is 7.77. The molecule has 3 aromatic heterocycles. The molecular weight excluding hydrogens is 458 g/mol. The maximum absolute atomic E-state index is 5.36. The normalized spacial score (nSPS) is 10.6. The summed E-state index contributed by atoms with van der Waals surface area (Å²) in [5.41, 5.74) is 3.37. The molecule has 0 amide bonds. The predicted molar refractivity (Wildman–Crippen MR) is 138 cm³/mol. The molecule has 5 rings (SSSR count). The third-order valence-corrected chi connectivity index (χ3v) is 5.35. The summed E-state index contributed by atoms with van der Waals surface area (Å²) >= 11 is 0. The van der Waals surface area contributed by atoms with Crippen LogP contribution in [0.2, 0.25) is 0 Å². The number of benzene rings is 2. The van der Waals surface area contributed by atoms with Crippen LogP contribution in [0.4, 0.5) is 28.8 Å². The third-order valence-electron chi connectivity index (χ3n) is 5.35. The van der Waals surface area contributed by atoms with Crippen LogP contribution in [0.1, 0.15) is 5.76 Å². The lowest BCUT2D eigenvalue weighted by Crippen LogP contribution is -1.99. The number of anilines is 5. The molecule has 0 aliphatic heterocycles. The van der Waals surface area contributed by atoms with Crippen molar-refractivity contribution < 1.29 is 13.9 Å². The number of methoxy groups -OCH3 is 2. The van der Waals surface area contributed by atoms with Crippen LogP contribution in [0.5, 0.6) is 11.5 Å². The summed E-state index contributed by atoms with van der Waals surface area (Å²) in [7, 11) is 3.22. The number of pyridine rings is 1. The summed E-state index contributed by atoms with van der Waals surface area (Å²) in [6.07, 6.45) is 3.37. The maximum atomic E-state index is 5.36. The van der Waals surface area contributed by atoms with E-state index < -0.39 is 0 Å². The molecule has 182 valence electrons. The Labute approximate surface area is 207 Å². The summed E-state index contributed by atoms with van der Waals surface area (Å²) in [6, 6.07) is 20.9. The molecule has 5 aromatic rings.